The Morgan fingerprint density at radius 2 is 0.818 bits per heavy atom. The summed E-state index contributed by atoms with van der Waals surface area (Å²) in [7, 11) is 0.521. The number of aryl methyl sites for hydroxylation is 6. The summed E-state index contributed by atoms with van der Waals surface area (Å²) >= 11 is 13.5. The number of halogens is 5. The average molecular weight is 2280 g/mol. The minimum atomic E-state index is -1.06. The van der Waals surface area contributed by atoms with Gasteiger partial charge in [0.1, 0.15) is 28.2 Å². The summed E-state index contributed by atoms with van der Waals surface area (Å²) in [5.74, 6) is -0.772. The highest BCUT2D eigenvalue weighted by Gasteiger charge is 2.29. The fraction of sp³-hybridized carbons (Fsp3) is 0.593. The number of carboxylic acid groups (broad SMARTS) is 1. The molecule has 1 atom stereocenters. The number of nitrogens with one attached hydrogen (secondary N) is 2. The number of amides is 3. The smallest absolute Gasteiger partial charge is 0.481 e. The quantitative estimate of drug-likeness (QED) is 0.00582. The maximum absolute atomic E-state index is 11.7. The van der Waals surface area contributed by atoms with E-state index in [1.165, 1.54) is 98.1 Å². The van der Waals surface area contributed by atoms with Gasteiger partial charge in [0.2, 0.25) is 5.91 Å². The number of alkyl carbamates (subject to hydrolysis) is 2. The van der Waals surface area contributed by atoms with Crippen molar-refractivity contribution >= 4 is 138 Å². The second-order valence-corrected chi connectivity index (χ2v) is 41.4. The monoisotopic (exact) mass is 2280 g/mol. The van der Waals surface area contributed by atoms with Crippen LogP contribution in [0, 0.1) is 0 Å². The van der Waals surface area contributed by atoms with Gasteiger partial charge in [0, 0.05) is 83.4 Å². The van der Waals surface area contributed by atoms with Crippen LogP contribution in [0.1, 0.15) is 356 Å². The molecule has 0 spiro atoms. The molecule has 3 amide bonds. The number of nitrogens with two attached hydrogens (primary N) is 3. The van der Waals surface area contributed by atoms with E-state index in [1.54, 1.807) is 48.5 Å². The number of esters is 1. The number of Topliss-reactive ketones (excluding diaryl/α,β-unsaturated/α-hetero) is 1. The predicted molar refractivity (Wildman–Crippen MR) is 609 cm³/mol. The molecule has 0 saturated carbocycles. The van der Waals surface area contributed by atoms with Crippen LogP contribution in [-0.2, 0) is 101 Å². The van der Waals surface area contributed by atoms with Gasteiger partial charge in [-0.25, -0.2) is 19.2 Å². The van der Waals surface area contributed by atoms with E-state index in [4.69, 9.17) is 50.7 Å². The number of primary amides is 1. The standard InChI is InChI=1S/C23H39NO3.C18H29N.C14H20BrNO2.C10H18O5.C9H10BrNO.C9H12BrN.C9H9BrO2.C9H18O.C4H10BO.C4H8O2.C4H8O.ClH.H3N/c1-6-8-15-23(26,16-9-7-2)20-14-10-12-19(18-20)13-11-17-24-21(25)27-22(3,4)5;1-3-5-11-17(12-6-4-2)18-13-7-9-16(15-18)10-8-14-19;1-14(2,3)18-13(17)16-9-5-7-11-6-4-8-12(15)10-11;1-9(2,3)14-7(11)13-8(12)15-10(4,5)6;10-8-3-1-2-7(6-8)4-5-9(11)12;10-9-5-1-3-8(7-9)4-2-6-11;10-8-3-1-2-7(6-8)4-5-9(11)12;1-3-5-7-9(10)8-6-4-2;5-4-2-1-3-6-4;1-3-6-4(2)5;1-2-4-5-3-1;;/h10,12,14,18,26H,6-9,11,13,15-17H2,1-5H3,(H,24,25);7,9,11,13,15H,3-6,8,10,12,14,19H2,1-2H3;4,6,8,10H,5,7,9H2,1-3H3,(H,16,17);1-6H3;1-3,6H,4-5H2,(H2,11,12);1,3,5,7H,2,4,6,11H2;1-3,6H,4-5H2,(H,11,12);3-8H2,1-2H3;4H,1-3H2,5H3;3H2,1-2H3;1-4H2;1H;1H3/q;;;;;;;;-1;;;;/b;17-11+;;;;;;;;;;;. The molecule has 13 N–H and O–H groups in total. The molecule has 24 nitrogen and oxygen atoms in total. The van der Waals surface area contributed by atoms with Crippen molar-refractivity contribution in [3.8, 4) is 0 Å². The molecule has 30 heteroatoms. The van der Waals surface area contributed by atoms with Crippen molar-refractivity contribution in [1.82, 2.24) is 16.8 Å². The number of rotatable bonds is 40. The lowest BCUT2D eigenvalue weighted by Gasteiger charge is -2.29. The van der Waals surface area contributed by atoms with Gasteiger partial charge < -0.3 is 82.1 Å². The molecule has 2 heterocycles. The van der Waals surface area contributed by atoms with E-state index in [1.807, 2.05) is 120 Å². The molecule has 2 saturated heterocycles. The van der Waals surface area contributed by atoms with Crippen LogP contribution in [0.2, 0.25) is 0 Å². The second kappa shape index (κ2) is 88.5. The van der Waals surface area contributed by atoms with Gasteiger partial charge in [-0.3, -0.25) is 19.2 Å². The number of carbonyl (C=O) groups is 8. The third-order valence-electron chi connectivity index (χ3n) is 19.4. The molecule has 6 aromatic carbocycles. The third kappa shape index (κ3) is 92.8. The van der Waals surface area contributed by atoms with Crippen molar-refractivity contribution in [3.05, 3.63) is 214 Å². The molecule has 0 radical (unpaired) electrons. The van der Waals surface area contributed by atoms with E-state index in [9.17, 15) is 43.5 Å². The molecule has 8 rings (SSSR count). The zero-order valence-corrected chi connectivity index (χ0v) is 96.9. The predicted octanol–water partition coefficient (Wildman–Crippen LogP) is 28.5. The van der Waals surface area contributed by atoms with Gasteiger partial charge in [-0.15, -0.1) is 12.4 Å². The first kappa shape index (κ1) is 144. The number of aliphatic carboxylic acids is 1. The number of hydrogen-bond donors (Lipinski definition) is 8. The Labute approximate surface area is 902 Å². The van der Waals surface area contributed by atoms with E-state index in [2.05, 4.69) is 198 Å². The van der Waals surface area contributed by atoms with Crippen LogP contribution in [0.5, 0.6) is 0 Å². The molecule has 0 aliphatic carbocycles. The van der Waals surface area contributed by atoms with Crippen molar-refractivity contribution in [2.45, 2.75) is 384 Å². The highest BCUT2D eigenvalue weighted by atomic mass is 79.9. The van der Waals surface area contributed by atoms with Crippen molar-refractivity contribution in [1.29, 1.82) is 0 Å². The van der Waals surface area contributed by atoms with Gasteiger partial charge in [0.25, 0.3) is 0 Å². The lowest BCUT2D eigenvalue weighted by Crippen LogP contribution is -2.33. The Balaban J connectivity index is -0.000000501. The van der Waals surface area contributed by atoms with Gasteiger partial charge in [0.15, 0.2) is 0 Å². The highest BCUT2D eigenvalue weighted by Crippen LogP contribution is 2.34. The van der Waals surface area contributed by atoms with Gasteiger partial charge in [-0.2, -0.15) is 0 Å². The molecule has 6 aromatic rings. The van der Waals surface area contributed by atoms with Crippen molar-refractivity contribution in [2.75, 3.05) is 52.6 Å². The van der Waals surface area contributed by atoms with Crippen LogP contribution in [-0.4, -0.2) is 147 Å². The van der Waals surface area contributed by atoms with Gasteiger partial charge in [-0.05, 0) is 338 Å². The minimum absolute atomic E-state index is 0. The maximum Gasteiger partial charge on any atom is 0.519 e. The number of unbranched alkanes of at least 4 members (excludes halogenated alkanes) is 6. The van der Waals surface area contributed by atoms with Crippen molar-refractivity contribution < 1.29 is 86.5 Å². The first-order valence-corrected chi connectivity index (χ1v) is 53.5. The lowest BCUT2D eigenvalue weighted by atomic mass is 9.83. The fourth-order valence-electron chi connectivity index (χ4n) is 12.5. The van der Waals surface area contributed by atoms with Crippen molar-refractivity contribution in [3.63, 3.8) is 0 Å². The number of aliphatic hydroxyl groups is 1. The molecule has 2 aliphatic heterocycles. The van der Waals surface area contributed by atoms with E-state index >= 15 is 0 Å². The molecule has 0 bridgehead atoms. The summed E-state index contributed by atoms with van der Waals surface area (Å²) in [6, 6.07) is 50.2. The Morgan fingerprint density at radius 3 is 1.13 bits per heavy atom. The van der Waals surface area contributed by atoms with E-state index in [-0.39, 0.29) is 49.0 Å². The average Bonchev–Trinajstić information content (AvgIpc) is 1.43. The number of benzene rings is 6. The van der Waals surface area contributed by atoms with Crippen molar-refractivity contribution in [2.24, 2.45) is 17.2 Å². The number of ketones is 1. The molecular formula is C113H185BBr4ClN6O18-. The highest BCUT2D eigenvalue weighted by molar-refractivity contribution is 9.11. The Morgan fingerprint density at radius 1 is 0.455 bits per heavy atom. The third-order valence-corrected chi connectivity index (χ3v) is 21.3. The van der Waals surface area contributed by atoms with Crippen LogP contribution in [0.25, 0.3) is 5.57 Å². The summed E-state index contributed by atoms with van der Waals surface area (Å²) in [6.07, 6.45) is 32.7. The number of ether oxygens (including phenoxy) is 8. The molecule has 814 valence electrons. The Kier molecular flexibility index (Phi) is 89.1. The largest absolute Gasteiger partial charge is 0.519 e. The fourth-order valence-corrected chi connectivity index (χ4v) is 14.2. The summed E-state index contributed by atoms with van der Waals surface area (Å²) in [5.41, 5.74) is 24.4. The number of carboxylic acids is 1. The lowest BCUT2D eigenvalue weighted by molar-refractivity contribution is -0.140. The van der Waals surface area contributed by atoms with Crippen LogP contribution in [0.4, 0.5) is 19.2 Å². The first-order chi connectivity index (χ1) is 66.5. The number of allylic oxidation sites excluding steroid dienone is 2. The zero-order chi connectivity index (χ0) is 107. The topological polar surface area (TPSA) is 388 Å². The zero-order valence-electron chi connectivity index (χ0n) is 89.8. The Hall–Kier alpha value is -7.55. The number of carbonyl (C=O) groups excluding carboxylic acids is 7. The number of hydrogen-bond acceptors (Lipinski definition) is 20. The van der Waals surface area contributed by atoms with Gasteiger partial charge in [0.05, 0.1) is 12.2 Å². The van der Waals surface area contributed by atoms with Crippen LogP contribution >= 0.6 is 76.1 Å². The summed E-state index contributed by atoms with van der Waals surface area (Å²) < 4.78 is 43.1. The molecular weight excluding hydrogens is 2100 g/mol. The molecule has 2 aliphatic rings. The summed E-state index contributed by atoms with van der Waals surface area (Å²) in [4.78, 5) is 86.6. The molecule has 0 aromatic heterocycles. The first-order valence-electron chi connectivity index (χ1n) is 50.4. The summed E-state index contributed by atoms with van der Waals surface area (Å²) in [5, 5.41) is 25.2. The molecule has 2 fully saturated rings. The summed E-state index contributed by atoms with van der Waals surface area (Å²) in [6.45, 7) is 43.7. The normalized spacial score (nSPS) is 12.2. The van der Waals surface area contributed by atoms with E-state index in [0.29, 0.717) is 46.2 Å². The Bertz CT molecular complexity index is 4230. The maximum atomic E-state index is 11.7. The molecule has 1 unspecified atom stereocenters. The van der Waals surface area contributed by atoms with E-state index in [0.717, 1.165) is 208 Å². The molecule has 143 heavy (non-hydrogen) atoms. The second-order valence-electron chi connectivity index (χ2n) is 37.7. The van der Waals surface area contributed by atoms with Gasteiger partial charge in [-0.1, -0.05) is 272 Å². The van der Waals surface area contributed by atoms with Crippen LogP contribution in [0.3, 0.4) is 0 Å². The van der Waals surface area contributed by atoms with E-state index < -0.39 is 46.3 Å². The minimum Gasteiger partial charge on any atom is -0.481 e. The van der Waals surface area contributed by atoms with Crippen LogP contribution in [0.15, 0.2) is 170 Å². The van der Waals surface area contributed by atoms with Crippen LogP contribution < -0.4 is 34.0 Å². The van der Waals surface area contributed by atoms with Gasteiger partial charge >= 0.3 is 36.4 Å². The SMILES string of the molecule is C1CCOC1.CC(C)(C)OC(=O)NCCCc1cccc(Br)c1.CC(C)(C)OC(=O)OC(=O)OC(C)(C)C.CCC/C=C(\CCCC)c1cccc(CCCN)c1.CCCCC(=O)CCCC.CCCCC(O)(CCCC)c1cccc(CCCNC(=O)OC(C)(C)C)c1.CCOC(C)=O.Cl.N.NC(=O)CCc1cccc(Br)c1.NCCCc1cccc(Br)c1.O=C(O)CCc1cccc(Br)c1.[BH3-]C1CCCO1.